The van der Waals surface area contributed by atoms with Crippen LogP contribution in [-0.2, 0) is 4.74 Å². The highest BCUT2D eigenvalue weighted by atomic mass is 16.5. The number of hydrogen-bond donors (Lipinski definition) is 3. The fraction of sp³-hybridized carbons (Fsp3) is 0.419. The third kappa shape index (κ3) is 5.77. The summed E-state index contributed by atoms with van der Waals surface area (Å²) < 4.78 is 4.87. The third-order valence-electron chi connectivity index (χ3n) is 8.20. The summed E-state index contributed by atoms with van der Waals surface area (Å²) in [5, 5.41) is 23.4. The first kappa shape index (κ1) is 28.2. The lowest BCUT2D eigenvalue weighted by molar-refractivity contribution is 0.0599. The maximum Gasteiger partial charge on any atom is 0.338 e. The number of rotatable bonds is 6. The van der Waals surface area contributed by atoms with Crippen molar-refractivity contribution in [2.45, 2.75) is 78.1 Å². The molecule has 2 aromatic carbocycles. The number of carboxylic acid groups (broad SMARTS) is 1. The molecule has 2 fully saturated rings. The predicted octanol–water partition coefficient (Wildman–Crippen LogP) is 6.20. The molecule has 0 amide bonds. The quantitative estimate of drug-likeness (QED) is 0.238. The van der Waals surface area contributed by atoms with E-state index in [1.165, 1.54) is 43.9 Å². The molecule has 0 radical (unpaired) electrons. The first-order valence-corrected chi connectivity index (χ1v) is 14.1. The molecule has 0 unspecified atom stereocenters. The summed E-state index contributed by atoms with van der Waals surface area (Å²) in [6, 6.07) is 7.68. The lowest BCUT2D eigenvalue weighted by Crippen LogP contribution is -2.13. The minimum atomic E-state index is -0.906. The number of H-pyrrole nitrogens is 2. The van der Waals surface area contributed by atoms with Gasteiger partial charge in [-0.05, 0) is 99.6 Å². The van der Waals surface area contributed by atoms with Crippen LogP contribution < -0.4 is 0 Å². The van der Waals surface area contributed by atoms with Crippen LogP contribution in [-0.4, -0.2) is 54.5 Å². The van der Waals surface area contributed by atoms with Crippen LogP contribution in [0.1, 0.15) is 105 Å². The zero-order chi connectivity index (χ0) is 29.3. The van der Waals surface area contributed by atoms with Gasteiger partial charge in [0.2, 0.25) is 0 Å². The zero-order valence-electron chi connectivity index (χ0n) is 24.2. The minimum absolute atomic E-state index is 0.318. The summed E-state index contributed by atoms with van der Waals surface area (Å²) in [5.41, 5.74) is 6.86. The van der Waals surface area contributed by atoms with Crippen molar-refractivity contribution in [2.75, 3.05) is 7.11 Å². The second-order valence-corrected chi connectivity index (χ2v) is 11.1. The molecule has 2 aliphatic rings. The number of aromatic amines is 2. The normalized spacial score (nSPS) is 15.0. The molecule has 2 saturated carbocycles. The van der Waals surface area contributed by atoms with E-state index in [0.717, 1.165) is 46.7 Å². The van der Waals surface area contributed by atoms with E-state index in [0.29, 0.717) is 34.6 Å². The molecule has 0 aliphatic heterocycles. The Hall–Kier alpha value is -4.34. The van der Waals surface area contributed by atoms with Gasteiger partial charge in [0.1, 0.15) is 11.6 Å². The SMILES string of the molecule is COC(=O)c1cc(-c2n[nH]c(C)n2)c(C2CCC2)cc1C.Cc1nc(-c2cc(C(=O)O)c(C)cc2C2CCC2)n[nH]1. The number of aryl methyl sites for hydroxylation is 4. The van der Waals surface area contributed by atoms with Crippen LogP contribution in [0.25, 0.3) is 22.8 Å². The number of carboxylic acids is 1. The minimum Gasteiger partial charge on any atom is -0.478 e. The molecule has 0 spiro atoms. The second-order valence-electron chi connectivity index (χ2n) is 11.1. The highest BCUT2D eigenvalue weighted by Gasteiger charge is 2.27. The van der Waals surface area contributed by atoms with Gasteiger partial charge in [0.15, 0.2) is 11.6 Å². The fourth-order valence-electron chi connectivity index (χ4n) is 5.45. The number of aromatic nitrogens is 6. The van der Waals surface area contributed by atoms with Crippen LogP contribution >= 0.6 is 0 Å². The molecule has 4 aromatic rings. The Morgan fingerprint density at radius 3 is 1.54 bits per heavy atom. The molecule has 3 N–H and O–H groups in total. The number of nitrogens with one attached hydrogen (secondary N) is 2. The average molecular weight is 557 g/mol. The van der Waals surface area contributed by atoms with Gasteiger partial charge in [-0.1, -0.05) is 25.0 Å². The van der Waals surface area contributed by atoms with Crippen LogP contribution in [0.3, 0.4) is 0 Å². The standard InChI is InChI=1S/C16H19N3O2.C15H17N3O2/c1-9-7-13(11-5-4-6-11)14(8-12(9)16(20)21-3)15-17-10(2)18-19-15;1-8-6-12(10-4-3-5-10)13(7-11(8)15(19)20)14-16-9(2)17-18-14/h7-8,11H,4-6H2,1-3H3,(H,17,18,19);6-7,10H,3-5H2,1-2H3,(H,19,20)(H,16,17,18). The monoisotopic (exact) mass is 556 g/mol. The van der Waals surface area contributed by atoms with E-state index < -0.39 is 5.97 Å². The summed E-state index contributed by atoms with van der Waals surface area (Å²) in [4.78, 5) is 32.0. The molecule has 214 valence electrons. The summed E-state index contributed by atoms with van der Waals surface area (Å²) in [7, 11) is 1.40. The second kappa shape index (κ2) is 11.6. The molecular weight excluding hydrogens is 520 g/mol. The van der Waals surface area contributed by atoms with Crippen molar-refractivity contribution in [1.82, 2.24) is 30.4 Å². The summed E-state index contributed by atoms with van der Waals surface area (Å²) >= 11 is 0. The smallest absolute Gasteiger partial charge is 0.338 e. The van der Waals surface area contributed by atoms with Crippen LogP contribution in [0, 0.1) is 27.7 Å². The number of hydrogen-bond acceptors (Lipinski definition) is 7. The number of nitrogens with zero attached hydrogens (tertiary/aromatic N) is 4. The van der Waals surface area contributed by atoms with Crippen molar-refractivity contribution in [3.8, 4) is 22.8 Å². The van der Waals surface area contributed by atoms with Gasteiger partial charge in [-0.2, -0.15) is 10.2 Å². The van der Waals surface area contributed by atoms with Crippen molar-refractivity contribution in [2.24, 2.45) is 0 Å². The van der Waals surface area contributed by atoms with Crippen LogP contribution in [0.15, 0.2) is 24.3 Å². The van der Waals surface area contributed by atoms with Crippen molar-refractivity contribution < 1.29 is 19.4 Å². The van der Waals surface area contributed by atoms with Gasteiger partial charge in [0, 0.05) is 11.1 Å². The number of benzene rings is 2. The number of ether oxygens (including phenoxy) is 1. The van der Waals surface area contributed by atoms with Gasteiger partial charge >= 0.3 is 11.9 Å². The Kier molecular flexibility index (Phi) is 8.01. The van der Waals surface area contributed by atoms with Crippen molar-refractivity contribution >= 4 is 11.9 Å². The fourth-order valence-corrected chi connectivity index (χ4v) is 5.45. The predicted molar refractivity (Wildman–Crippen MR) is 154 cm³/mol. The molecule has 2 heterocycles. The Balaban J connectivity index is 0.000000165. The first-order valence-electron chi connectivity index (χ1n) is 14.1. The molecule has 2 aromatic heterocycles. The van der Waals surface area contributed by atoms with E-state index >= 15 is 0 Å². The maximum absolute atomic E-state index is 11.9. The van der Waals surface area contributed by atoms with Crippen LogP contribution in [0.5, 0.6) is 0 Å². The van der Waals surface area contributed by atoms with Gasteiger partial charge in [-0.25, -0.2) is 19.6 Å². The topological polar surface area (TPSA) is 147 Å². The Labute approximate surface area is 239 Å². The van der Waals surface area contributed by atoms with Crippen molar-refractivity contribution in [1.29, 1.82) is 0 Å². The molecule has 0 atom stereocenters. The van der Waals surface area contributed by atoms with E-state index in [-0.39, 0.29) is 5.97 Å². The van der Waals surface area contributed by atoms with E-state index in [9.17, 15) is 14.7 Å². The highest BCUT2D eigenvalue weighted by Crippen LogP contribution is 2.42. The van der Waals surface area contributed by atoms with Crippen molar-refractivity contribution in [3.05, 3.63) is 69.3 Å². The number of carbonyl (C=O) groups is 2. The third-order valence-corrected chi connectivity index (χ3v) is 8.20. The van der Waals surface area contributed by atoms with E-state index in [1.54, 1.807) is 6.07 Å². The summed E-state index contributed by atoms with van der Waals surface area (Å²) in [6.07, 6.45) is 7.18. The molecule has 10 heteroatoms. The van der Waals surface area contributed by atoms with Gasteiger partial charge in [-0.3, -0.25) is 10.2 Å². The number of methoxy groups -OCH3 is 1. The number of aromatic carboxylic acids is 1. The van der Waals surface area contributed by atoms with Gasteiger partial charge in [-0.15, -0.1) is 0 Å². The lowest BCUT2D eigenvalue weighted by atomic mass is 9.77. The molecule has 10 nitrogen and oxygen atoms in total. The molecule has 0 bridgehead atoms. The highest BCUT2D eigenvalue weighted by molar-refractivity contribution is 5.93. The first-order chi connectivity index (χ1) is 19.7. The van der Waals surface area contributed by atoms with Gasteiger partial charge < -0.3 is 9.84 Å². The van der Waals surface area contributed by atoms with Crippen LogP contribution in [0.4, 0.5) is 0 Å². The van der Waals surface area contributed by atoms with Gasteiger partial charge in [0.05, 0.1) is 18.2 Å². The molecule has 41 heavy (non-hydrogen) atoms. The largest absolute Gasteiger partial charge is 0.478 e. The Bertz CT molecular complexity index is 1600. The lowest BCUT2D eigenvalue weighted by Gasteiger charge is -2.28. The van der Waals surface area contributed by atoms with Crippen molar-refractivity contribution in [3.63, 3.8) is 0 Å². The molecular formula is C31H36N6O4. The van der Waals surface area contributed by atoms with Crippen LogP contribution in [0.2, 0.25) is 0 Å². The van der Waals surface area contributed by atoms with E-state index in [1.807, 2.05) is 39.8 Å². The molecule has 6 rings (SSSR count). The van der Waals surface area contributed by atoms with E-state index in [2.05, 4.69) is 36.4 Å². The number of esters is 1. The molecule has 0 saturated heterocycles. The summed E-state index contributed by atoms with van der Waals surface area (Å²) in [5.74, 6) is 2.57. The molecule has 2 aliphatic carbocycles. The average Bonchev–Trinajstić information content (AvgIpc) is 3.50. The Morgan fingerprint density at radius 2 is 1.20 bits per heavy atom. The zero-order valence-corrected chi connectivity index (χ0v) is 24.2. The maximum atomic E-state index is 11.9. The Morgan fingerprint density at radius 1 is 0.756 bits per heavy atom. The number of carbonyl (C=O) groups excluding carboxylic acids is 1. The summed E-state index contributed by atoms with van der Waals surface area (Å²) in [6.45, 7) is 7.50. The van der Waals surface area contributed by atoms with Gasteiger partial charge in [0.25, 0.3) is 0 Å². The van der Waals surface area contributed by atoms with E-state index in [4.69, 9.17) is 4.74 Å².